The van der Waals surface area contributed by atoms with Crippen molar-refractivity contribution in [3.05, 3.63) is 23.3 Å². The number of ether oxygens (including phenoxy) is 1. The lowest BCUT2D eigenvalue weighted by atomic mass is 9.61. The molecule has 0 atom stereocenters. The third-order valence-corrected chi connectivity index (χ3v) is 5.74. The summed E-state index contributed by atoms with van der Waals surface area (Å²) in [4.78, 5) is 0. The summed E-state index contributed by atoms with van der Waals surface area (Å²) in [6.45, 7) is 15.3. The van der Waals surface area contributed by atoms with Crippen molar-refractivity contribution in [3.63, 3.8) is 0 Å². The molecule has 0 radical (unpaired) electrons. The van der Waals surface area contributed by atoms with Crippen LogP contribution in [0.15, 0.2) is 12.1 Å². The molecule has 4 nitrogen and oxygen atoms in total. The molecule has 1 heterocycles. The van der Waals surface area contributed by atoms with Crippen molar-refractivity contribution in [3.8, 4) is 5.75 Å². The normalized spacial score (nSPS) is 22.3. The van der Waals surface area contributed by atoms with E-state index in [1.807, 2.05) is 0 Å². The summed E-state index contributed by atoms with van der Waals surface area (Å²) in [5.74, 6) is 1.02. The van der Waals surface area contributed by atoms with E-state index in [2.05, 4.69) is 52.1 Å². The van der Waals surface area contributed by atoms with E-state index < -0.39 is 0 Å². The molecule has 1 N–H and O–H groups in total. The molecule has 1 saturated heterocycles. The Hall–Kier alpha value is -1.04. The van der Waals surface area contributed by atoms with Crippen molar-refractivity contribution in [2.24, 2.45) is 0 Å². The second-order valence-corrected chi connectivity index (χ2v) is 8.88. The molecule has 1 aliphatic heterocycles. The molecule has 1 aromatic rings. The minimum absolute atomic E-state index is 0.124. The minimum Gasteiger partial charge on any atom is -0.493 e. The summed E-state index contributed by atoms with van der Waals surface area (Å²) in [7, 11) is -0.313. The molecule has 0 spiro atoms. The fourth-order valence-corrected chi connectivity index (χ4v) is 4.06. The van der Waals surface area contributed by atoms with Gasteiger partial charge in [0.15, 0.2) is 0 Å². The number of rotatable bonds is 4. The molecule has 0 saturated carbocycles. The second-order valence-electron chi connectivity index (χ2n) is 8.88. The van der Waals surface area contributed by atoms with Gasteiger partial charge in [-0.1, -0.05) is 40.7 Å². The number of benzene rings is 1. The predicted octanol–water partition coefficient (Wildman–Crippen LogP) is 3.16. The molecule has 0 bridgehead atoms. The Morgan fingerprint density at radius 3 is 2.35 bits per heavy atom. The third kappa shape index (κ3) is 4.10. The smallest absolute Gasteiger partial charge is 0.493 e. The third-order valence-electron chi connectivity index (χ3n) is 5.74. The standard InChI is InChI=1S/C21H34BNO3/c1-6-11-24-18-15-16(22-25-12-9-23-10-13-26-22)14-17-19(18)21(4,5)8-7-20(17,2)3/h14-15,23H,6-13H2,1-5H3. The summed E-state index contributed by atoms with van der Waals surface area (Å²) < 4.78 is 18.2. The molecule has 0 unspecified atom stereocenters. The number of hydrogen-bond donors (Lipinski definition) is 1. The summed E-state index contributed by atoms with van der Waals surface area (Å²) in [5.41, 5.74) is 4.11. The fourth-order valence-electron chi connectivity index (χ4n) is 4.06. The summed E-state index contributed by atoms with van der Waals surface area (Å²) in [6.07, 6.45) is 3.36. The first-order valence-corrected chi connectivity index (χ1v) is 10.1. The van der Waals surface area contributed by atoms with Gasteiger partial charge in [-0.2, -0.15) is 0 Å². The maximum absolute atomic E-state index is 6.25. The average Bonchev–Trinajstić information content (AvgIpc) is 2.56. The highest BCUT2D eigenvalue weighted by atomic mass is 16.6. The molecule has 5 heteroatoms. The van der Waals surface area contributed by atoms with Gasteiger partial charge in [-0.25, -0.2) is 0 Å². The van der Waals surface area contributed by atoms with E-state index in [9.17, 15) is 0 Å². The largest absolute Gasteiger partial charge is 0.494 e. The highest BCUT2D eigenvalue weighted by Crippen LogP contribution is 2.49. The molecule has 1 fully saturated rings. The number of fused-ring (bicyclic) bond motifs is 1. The first-order chi connectivity index (χ1) is 12.3. The van der Waals surface area contributed by atoms with Crippen molar-refractivity contribution >= 4 is 12.6 Å². The lowest BCUT2D eigenvalue weighted by Gasteiger charge is -2.43. The monoisotopic (exact) mass is 359 g/mol. The summed E-state index contributed by atoms with van der Waals surface area (Å²) >= 11 is 0. The Labute approximate surface area is 159 Å². The second kappa shape index (κ2) is 7.91. The lowest BCUT2D eigenvalue weighted by Crippen LogP contribution is -2.44. The van der Waals surface area contributed by atoms with E-state index in [4.69, 9.17) is 14.0 Å². The molecule has 3 rings (SSSR count). The molecule has 1 aromatic carbocycles. The van der Waals surface area contributed by atoms with Crippen LogP contribution in [0, 0.1) is 0 Å². The molecule has 0 amide bonds. The van der Waals surface area contributed by atoms with Crippen LogP contribution in [0.25, 0.3) is 0 Å². The maximum atomic E-state index is 6.25. The van der Waals surface area contributed by atoms with Crippen LogP contribution in [0.3, 0.4) is 0 Å². The molecule has 2 aliphatic rings. The van der Waals surface area contributed by atoms with Gasteiger partial charge in [0.05, 0.1) is 6.61 Å². The maximum Gasteiger partial charge on any atom is 0.494 e. The van der Waals surface area contributed by atoms with E-state index in [1.165, 1.54) is 24.0 Å². The van der Waals surface area contributed by atoms with Gasteiger partial charge in [0.2, 0.25) is 0 Å². The predicted molar refractivity (Wildman–Crippen MR) is 108 cm³/mol. The van der Waals surface area contributed by atoms with E-state index in [1.54, 1.807) is 0 Å². The zero-order chi connectivity index (χ0) is 18.8. The SMILES string of the molecule is CCCOc1cc(B2OCCNCCO2)cc2c1C(C)(C)CCC2(C)C. The molecule has 144 valence electrons. The average molecular weight is 359 g/mol. The van der Waals surface area contributed by atoms with Crippen LogP contribution in [0.1, 0.15) is 65.0 Å². The molecular weight excluding hydrogens is 325 g/mol. The first-order valence-electron chi connectivity index (χ1n) is 10.1. The van der Waals surface area contributed by atoms with Crippen LogP contribution in [0.4, 0.5) is 0 Å². The van der Waals surface area contributed by atoms with Crippen molar-refractivity contribution in [2.45, 2.75) is 64.7 Å². The van der Waals surface area contributed by atoms with Gasteiger partial charge in [-0.15, -0.1) is 0 Å². The van der Waals surface area contributed by atoms with Crippen molar-refractivity contribution in [1.82, 2.24) is 5.32 Å². The summed E-state index contributed by atoms with van der Waals surface area (Å²) in [6, 6.07) is 4.48. The lowest BCUT2D eigenvalue weighted by molar-refractivity contribution is 0.187. The Morgan fingerprint density at radius 1 is 1.04 bits per heavy atom. The number of hydrogen-bond acceptors (Lipinski definition) is 4. The van der Waals surface area contributed by atoms with Crippen LogP contribution in [0.2, 0.25) is 0 Å². The van der Waals surface area contributed by atoms with Gasteiger partial charge in [0, 0.05) is 31.9 Å². The van der Waals surface area contributed by atoms with E-state index in [0.29, 0.717) is 13.2 Å². The molecular formula is C21H34BNO3. The van der Waals surface area contributed by atoms with Crippen molar-refractivity contribution < 1.29 is 14.0 Å². The first kappa shape index (κ1) is 19.7. The quantitative estimate of drug-likeness (QED) is 0.839. The Kier molecular flexibility index (Phi) is 6.00. The van der Waals surface area contributed by atoms with Crippen LogP contribution >= 0.6 is 0 Å². The van der Waals surface area contributed by atoms with Gasteiger partial charge in [-0.05, 0) is 47.2 Å². The van der Waals surface area contributed by atoms with Crippen molar-refractivity contribution in [1.29, 1.82) is 0 Å². The Balaban J connectivity index is 2.06. The van der Waals surface area contributed by atoms with Gasteiger partial charge < -0.3 is 19.4 Å². The molecule has 0 aromatic heterocycles. The van der Waals surface area contributed by atoms with Gasteiger partial charge >= 0.3 is 7.12 Å². The highest BCUT2D eigenvalue weighted by Gasteiger charge is 2.40. The van der Waals surface area contributed by atoms with Gasteiger partial charge in [0.25, 0.3) is 0 Å². The topological polar surface area (TPSA) is 39.7 Å². The minimum atomic E-state index is -0.313. The van der Waals surface area contributed by atoms with Crippen molar-refractivity contribution in [2.75, 3.05) is 32.9 Å². The van der Waals surface area contributed by atoms with Gasteiger partial charge in [0.1, 0.15) is 5.75 Å². The number of nitrogens with one attached hydrogen (secondary N) is 1. The van der Waals surface area contributed by atoms with E-state index in [0.717, 1.165) is 37.3 Å². The Morgan fingerprint density at radius 2 is 1.69 bits per heavy atom. The van der Waals surface area contributed by atoms with Crippen LogP contribution < -0.4 is 15.5 Å². The van der Waals surface area contributed by atoms with Crippen LogP contribution in [0.5, 0.6) is 5.75 Å². The highest BCUT2D eigenvalue weighted by molar-refractivity contribution is 6.61. The van der Waals surface area contributed by atoms with Gasteiger partial charge in [-0.3, -0.25) is 0 Å². The zero-order valence-corrected chi connectivity index (χ0v) is 17.1. The van der Waals surface area contributed by atoms with E-state index >= 15 is 0 Å². The fraction of sp³-hybridized carbons (Fsp3) is 0.714. The van der Waals surface area contributed by atoms with E-state index in [-0.39, 0.29) is 17.9 Å². The molecule has 26 heavy (non-hydrogen) atoms. The van der Waals surface area contributed by atoms with Crippen LogP contribution in [-0.2, 0) is 20.1 Å². The summed E-state index contributed by atoms with van der Waals surface area (Å²) in [5, 5.41) is 3.30. The van der Waals surface area contributed by atoms with Crippen LogP contribution in [-0.4, -0.2) is 40.0 Å². The zero-order valence-electron chi connectivity index (χ0n) is 17.1. The molecule has 1 aliphatic carbocycles. The Bertz CT molecular complexity index is 622.